The van der Waals surface area contributed by atoms with Gasteiger partial charge < -0.3 is 4.42 Å². The number of nitrogens with zero attached hydrogens (tertiary/aromatic N) is 1. The van der Waals surface area contributed by atoms with Gasteiger partial charge in [-0.3, -0.25) is 0 Å². The molecule has 72 valence electrons. The van der Waals surface area contributed by atoms with Gasteiger partial charge in [0, 0.05) is 10.0 Å². The van der Waals surface area contributed by atoms with E-state index >= 15 is 0 Å². The van der Waals surface area contributed by atoms with Crippen molar-refractivity contribution in [3.63, 3.8) is 0 Å². The molecule has 5 heteroatoms. The highest BCUT2D eigenvalue weighted by molar-refractivity contribution is 9.10. The van der Waals surface area contributed by atoms with Crippen molar-refractivity contribution in [2.24, 2.45) is 0 Å². The number of aromatic nitrogens is 2. The third kappa shape index (κ3) is 1.77. The highest BCUT2D eigenvalue weighted by atomic mass is 79.9. The molecule has 0 fully saturated rings. The van der Waals surface area contributed by atoms with Crippen molar-refractivity contribution in [2.75, 3.05) is 0 Å². The number of rotatable bonds is 1. The summed E-state index contributed by atoms with van der Waals surface area (Å²) in [6.45, 7) is 1.96. The Balaban J connectivity index is 2.56. The van der Waals surface area contributed by atoms with Crippen LogP contribution in [0, 0.1) is 6.92 Å². The van der Waals surface area contributed by atoms with Crippen molar-refractivity contribution < 1.29 is 4.42 Å². The van der Waals surface area contributed by atoms with Crippen molar-refractivity contribution in [3.8, 4) is 11.5 Å². The zero-order valence-corrected chi connectivity index (χ0v) is 8.96. The van der Waals surface area contributed by atoms with Gasteiger partial charge in [0.25, 0.3) is 0 Å². The van der Waals surface area contributed by atoms with Gasteiger partial charge in [-0.1, -0.05) is 15.9 Å². The van der Waals surface area contributed by atoms with E-state index in [1.165, 1.54) is 0 Å². The van der Waals surface area contributed by atoms with Crippen LogP contribution in [0.5, 0.6) is 0 Å². The van der Waals surface area contributed by atoms with Crippen LogP contribution in [0.2, 0.25) is 0 Å². The number of hydrogen-bond acceptors (Lipinski definition) is 3. The highest BCUT2D eigenvalue weighted by Gasteiger charge is 2.05. The minimum atomic E-state index is -0.544. The van der Waals surface area contributed by atoms with E-state index in [4.69, 9.17) is 4.42 Å². The molecule has 1 aromatic heterocycles. The van der Waals surface area contributed by atoms with Gasteiger partial charge in [-0.25, -0.2) is 9.89 Å². The minimum absolute atomic E-state index is 0.305. The summed E-state index contributed by atoms with van der Waals surface area (Å²) < 4.78 is 5.77. The van der Waals surface area contributed by atoms with Crippen LogP contribution in [0.1, 0.15) is 5.56 Å². The van der Waals surface area contributed by atoms with E-state index in [-0.39, 0.29) is 0 Å². The molecular weight excluding hydrogens is 248 g/mol. The Morgan fingerprint density at radius 2 is 2.21 bits per heavy atom. The lowest BCUT2D eigenvalue weighted by atomic mass is 10.1. The fraction of sp³-hybridized carbons (Fsp3) is 0.111. The summed E-state index contributed by atoms with van der Waals surface area (Å²) >= 11 is 3.36. The van der Waals surface area contributed by atoms with Crippen molar-refractivity contribution in [2.45, 2.75) is 6.92 Å². The molecule has 2 aromatic rings. The minimum Gasteiger partial charge on any atom is -0.388 e. The number of hydrogen-bond donors (Lipinski definition) is 1. The van der Waals surface area contributed by atoms with Crippen LogP contribution in [0.15, 0.2) is 31.9 Å². The summed E-state index contributed by atoms with van der Waals surface area (Å²) in [4.78, 5) is 10.7. The molecule has 0 radical (unpaired) electrons. The number of aryl methyl sites for hydroxylation is 1. The van der Waals surface area contributed by atoms with Gasteiger partial charge in [0.2, 0.25) is 5.89 Å². The largest absolute Gasteiger partial charge is 0.434 e. The van der Waals surface area contributed by atoms with E-state index in [1.807, 2.05) is 25.1 Å². The maximum atomic E-state index is 10.7. The molecule has 0 bridgehead atoms. The van der Waals surface area contributed by atoms with E-state index in [9.17, 15) is 4.79 Å². The van der Waals surface area contributed by atoms with Crippen LogP contribution >= 0.6 is 15.9 Å². The lowest BCUT2D eigenvalue weighted by molar-refractivity contribution is 0.527. The number of H-pyrrole nitrogens is 1. The molecule has 0 spiro atoms. The van der Waals surface area contributed by atoms with Crippen LogP contribution in [-0.2, 0) is 0 Å². The average molecular weight is 255 g/mol. The predicted molar refractivity (Wildman–Crippen MR) is 55.0 cm³/mol. The lowest BCUT2D eigenvalue weighted by Gasteiger charge is -1.98. The first-order chi connectivity index (χ1) is 6.65. The van der Waals surface area contributed by atoms with Crippen molar-refractivity contribution in [1.29, 1.82) is 0 Å². The first-order valence-corrected chi connectivity index (χ1v) is 4.77. The van der Waals surface area contributed by atoms with E-state index in [2.05, 4.69) is 26.1 Å². The zero-order valence-electron chi connectivity index (χ0n) is 7.37. The summed E-state index contributed by atoms with van der Waals surface area (Å²) in [7, 11) is 0. The quantitative estimate of drug-likeness (QED) is 0.848. The van der Waals surface area contributed by atoms with Crippen LogP contribution < -0.4 is 5.76 Å². The Bertz CT molecular complexity index is 495. The van der Waals surface area contributed by atoms with Crippen LogP contribution in [0.4, 0.5) is 0 Å². The lowest BCUT2D eigenvalue weighted by Crippen LogP contribution is -1.93. The Labute approximate surface area is 88.1 Å². The third-order valence-corrected chi connectivity index (χ3v) is 2.19. The van der Waals surface area contributed by atoms with Gasteiger partial charge in [-0.05, 0) is 30.7 Å². The fourth-order valence-corrected chi connectivity index (χ4v) is 1.82. The normalized spacial score (nSPS) is 10.4. The van der Waals surface area contributed by atoms with Gasteiger partial charge in [-0.2, -0.15) is 0 Å². The standard InChI is InChI=1S/C9H7BrN2O2/c1-5-2-6(4-7(10)3-5)8-11-12-9(13)14-8/h2-4H,1H3,(H,12,13). The Hall–Kier alpha value is -1.36. The second kappa shape index (κ2) is 3.42. The maximum absolute atomic E-state index is 10.7. The molecule has 1 N–H and O–H groups in total. The molecule has 0 aliphatic heterocycles. The molecular formula is C9H7BrN2O2. The average Bonchev–Trinajstić information content (AvgIpc) is 2.50. The van der Waals surface area contributed by atoms with Crippen molar-refractivity contribution >= 4 is 15.9 Å². The number of benzene rings is 1. The summed E-state index contributed by atoms with van der Waals surface area (Å²) in [5, 5.41) is 5.96. The monoisotopic (exact) mass is 254 g/mol. The molecule has 14 heavy (non-hydrogen) atoms. The molecule has 0 saturated carbocycles. The molecule has 0 amide bonds. The Morgan fingerprint density at radius 3 is 2.79 bits per heavy atom. The van der Waals surface area contributed by atoms with Crippen LogP contribution in [0.3, 0.4) is 0 Å². The SMILES string of the molecule is Cc1cc(Br)cc(-c2n[nH]c(=O)o2)c1. The molecule has 0 atom stereocenters. The molecule has 0 aliphatic rings. The van der Waals surface area contributed by atoms with Gasteiger partial charge >= 0.3 is 5.76 Å². The van der Waals surface area contributed by atoms with Crippen LogP contribution in [-0.4, -0.2) is 10.2 Å². The summed E-state index contributed by atoms with van der Waals surface area (Å²) in [5.41, 5.74) is 1.84. The number of aromatic amines is 1. The summed E-state index contributed by atoms with van der Waals surface area (Å²) in [6.07, 6.45) is 0. The van der Waals surface area contributed by atoms with E-state index in [0.29, 0.717) is 5.89 Å². The molecule has 0 unspecified atom stereocenters. The van der Waals surface area contributed by atoms with Crippen molar-refractivity contribution in [1.82, 2.24) is 10.2 Å². The summed E-state index contributed by atoms with van der Waals surface area (Å²) in [6, 6.07) is 5.70. The second-order valence-corrected chi connectivity index (χ2v) is 3.85. The Morgan fingerprint density at radius 1 is 1.43 bits per heavy atom. The number of halogens is 1. The molecule has 1 heterocycles. The third-order valence-electron chi connectivity index (χ3n) is 1.73. The molecule has 2 rings (SSSR count). The van der Waals surface area contributed by atoms with Gasteiger partial charge in [-0.15, -0.1) is 5.10 Å². The van der Waals surface area contributed by atoms with E-state index in [0.717, 1.165) is 15.6 Å². The van der Waals surface area contributed by atoms with E-state index in [1.54, 1.807) is 0 Å². The molecule has 0 saturated heterocycles. The van der Waals surface area contributed by atoms with E-state index < -0.39 is 5.76 Å². The van der Waals surface area contributed by atoms with Gasteiger partial charge in [0.15, 0.2) is 0 Å². The second-order valence-electron chi connectivity index (χ2n) is 2.94. The summed E-state index contributed by atoms with van der Waals surface area (Å²) in [5.74, 6) is -0.239. The molecule has 4 nitrogen and oxygen atoms in total. The topological polar surface area (TPSA) is 58.9 Å². The maximum Gasteiger partial charge on any atom is 0.434 e. The first kappa shape index (κ1) is 9.21. The smallest absolute Gasteiger partial charge is 0.388 e. The van der Waals surface area contributed by atoms with Gasteiger partial charge in [0.05, 0.1) is 0 Å². The zero-order chi connectivity index (χ0) is 10.1. The van der Waals surface area contributed by atoms with Crippen LogP contribution in [0.25, 0.3) is 11.5 Å². The fourth-order valence-electron chi connectivity index (χ4n) is 1.21. The number of nitrogens with one attached hydrogen (secondary N) is 1. The molecule has 1 aromatic carbocycles. The van der Waals surface area contributed by atoms with Gasteiger partial charge in [0.1, 0.15) is 0 Å². The first-order valence-electron chi connectivity index (χ1n) is 3.98. The predicted octanol–water partition coefficient (Wildman–Crippen LogP) is 2.10. The molecule has 0 aliphatic carbocycles. The highest BCUT2D eigenvalue weighted by Crippen LogP contribution is 2.22. The Kier molecular flexibility index (Phi) is 2.25. The van der Waals surface area contributed by atoms with Crippen molar-refractivity contribution in [3.05, 3.63) is 38.8 Å².